The van der Waals surface area contributed by atoms with E-state index < -0.39 is 17.7 Å². The minimum Gasteiger partial charge on any atom is -0.453 e. The second-order valence-electron chi connectivity index (χ2n) is 14.9. The molecule has 0 spiro atoms. The number of nitrogens with zero attached hydrogens (tertiary/aromatic N) is 4. The number of thioether (sulfide) groups is 1. The van der Waals surface area contributed by atoms with E-state index in [1.54, 1.807) is 21.6 Å². The summed E-state index contributed by atoms with van der Waals surface area (Å²) in [4.78, 5) is 58.7. The first kappa shape index (κ1) is 38.4. The number of amides is 3. The van der Waals surface area contributed by atoms with Gasteiger partial charge in [0.1, 0.15) is 33.6 Å². The number of nitrogens with one attached hydrogen (secondary N) is 3. The van der Waals surface area contributed by atoms with Gasteiger partial charge in [0.05, 0.1) is 31.1 Å². The average molecular weight is 807 g/mol. The number of halogens is 1. The number of likely N-dealkylation sites (tertiary alicyclic amines) is 2. The lowest BCUT2D eigenvalue weighted by Crippen LogP contribution is -2.51. The van der Waals surface area contributed by atoms with Crippen molar-refractivity contribution in [1.82, 2.24) is 35.1 Å². The summed E-state index contributed by atoms with van der Waals surface area (Å²) in [5.74, 6) is 1.21. The molecule has 0 radical (unpaired) electrons. The molecule has 0 saturated carbocycles. The normalized spacial score (nSPS) is 19.5. The van der Waals surface area contributed by atoms with Crippen LogP contribution in [-0.4, -0.2) is 91.2 Å². The molecule has 0 bridgehead atoms. The van der Waals surface area contributed by atoms with E-state index in [1.807, 2.05) is 52.9 Å². The fourth-order valence-corrected chi connectivity index (χ4v) is 8.18. The number of aromatic amines is 2. The van der Waals surface area contributed by atoms with Crippen LogP contribution in [0.1, 0.15) is 77.6 Å². The summed E-state index contributed by atoms with van der Waals surface area (Å²) in [5, 5.41) is 3.02. The van der Waals surface area contributed by atoms with Crippen molar-refractivity contribution in [1.29, 1.82) is 0 Å². The maximum atomic E-state index is 13.6. The van der Waals surface area contributed by atoms with Crippen LogP contribution in [0.5, 0.6) is 0 Å². The smallest absolute Gasteiger partial charge is 0.410 e. The molecule has 4 heterocycles. The van der Waals surface area contributed by atoms with Crippen molar-refractivity contribution in [2.75, 3.05) is 26.5 Å². The van der Waals surface area contributed by atoms with Crippen LogP contribution in [0.4, 0.5) is 9.59 Å². The number of aromatic nitrogens is 4. The van der Waals surface area contributed by atoms with Crippen LogP contribution in [0.15, 0.2) is 59.3 Å². The summed E-state index contributed by atoms with van der Waals surface area (Å²) in [6, 6.07) is 15.5. The van der Waals surface area contributed by atoms with Gasteiger partial charge in [-0.1, -0.05) is 62.4 Å². The van der Waals surface area contributed by atoms with Gasteiger partial charge in [-0.25, -0.2) is 19.6 Å². The Morgan fingerprint density at radius 1 is 0.943 bits per heavy atom. The van der Waals surface area contributed by atoms with Crippen molar-refractivity contribution in [2.45, 2.75) is 82.9 Å². The predicted octanol–water partition coefficient (Wildman–Crippen LogP) is 8.35. The number of ether oxygens (including phenoxy) is 2. The molecule has 0 aliphatic carbocycles. The molecule has 2 saturated heterocycles. The Hall–Kier alpha value is -4.30. The third-order valence-corrected chi connectivity index (χ3v) is 11.3. The number of H-pyrrole nitrogens is 2. The molecule has 2 aliphatic heterocycles. The van der Waals surface area contributed by atoms with Crippen LogP contribution < -0.4 is 5.32 Å². The van der Waals surface area contributed by atoms with Crippen molar-refractivity contribution >= 4 is 45.8 Å². The second kappa shape index (κ2) is 16.0. The Labute approximate surface area is 323 Å². The minimum absolute atomic E-state index is 0.108. The number of hydrogen-bond acceptors (Lipinski definition) is 8. The van der Waals surface area contributed by atoms with Gasteiger partial charge in [0.15, 0.2) is 0 Å². The molecule has 2 fully saturated rings. The summed E-state index contributed by atoms with van der Waals surface area (Å²) >= 11 is 5.43. The molecule has 2 aromatic heterocycles. The van der Waals surface area contributed by atoms with Crippen molar-refractivity contribution in [3.05, 3.63) is 71.0 Å². The van der Waals surface area contributed by atoms with Crippen LogP contribution in [0.2, 0.25) is 0 Å². The Morgan fingerprint density at radius 3 is 2.19 bits per heavy atom. The molecule has 6 rings (SSSR count). The maximum absolute atomic E-state index is 13.6. The number of alkyl carbamates (subject to hydrolysis) is 1. The molecular weight excluding hydrogens is 758 g/mol. The zero-order valence-corrected chi connectivity index (χ0v) is 33.6. The molecule has 14 heteroatoms. The van der Waals surface area contributed by atoms with Gasteiger partial charge in [0.2, 0.25) is 5.91 Å². The molecule has 4 aromatic rings. The largest absolute Gasteiger partial charge is 0.453 e. The first-order chi connectivity index (χ1) is 25.3. The highest BCUT2D eigenvalue weighted by Crippen LogP contribution is 2.38. The molecule has 4 atom stereocenters. The first-order valence-corrected chi connectivity index (χ1v) is 20.0. The molecule has 2 aromatic carbocycles. The van der Waals surface area contributed by atoms with Crippen molar-refractivity contribution < 1.29 is 23.9 Å². The zero-order valence-electron chi connectivity index (χ0n) is 31.2. The van der Waals surface area contributed by atoms with Crippen LogP contribution >= 0.6 is 27.7 Å². The number of methoxy groups -OCH3 is 1. The number of carbonyl (C=O) groups excluding carboxylic acids is 3. The Kier molecular flexibility index (Phi) is 11.6. The zero-order chi connectivity index (χ0) is 38.0. The first-order valence-electron chi connectivity index (χ1n) is 17.9. The topological polar surface area (TPSA) is 146 Å². The highest BCUT2D eigenvalue weighted by Gasteiger charge is 2.40. The van der Waals surface area contributed by atoms with E-state index in [2.05, 4.69) is 73.9 Å². The lowest BCUT2D eigenvalue weighted by atomic mass is 10.0. The van der Waals surface area contributed by atoms with E-state index in [0.29, 0.717) is 24.2 Å². The monoisotopic (exact) mass is 805 g/mol. The summed E-state index contributed by atoms with van der Waals surface area (Å²) < 4.78 is 11.2. The molecule has 0 unspecified atom stereocenters. The van der Waals surface area contributed by atoms with E-state index in [9.17, 15) is 14.4 Å². The fraction of sp³-hybridized carbons (Fsp3) is 0.462. The number of imidazole rings is 2. The fourth-order valence-electron chi connectivity index (χ4n) is 6.98. The lowest BCUT2D eigenvalue weighted by molar-refractivity contribution is -0.135. The SMILES string of the molecule is COC(=O)N[C@H](C(=O)N1CCC[C@H]1c1nc(-c2ccc(-c3ccc(-c4cnc([C@@H]5C[C@H](SC)CN5C(=O)OC(C)(C)C)[nH]4)cc3)cc2)c(Br)[nH]1)C(C)C. The van der Waals surface area contributed by atoms with Gasteiger partial charge in [0.25, 0.3) is 0 Å². The lowest BCUT2D eigenvalue weighted by Gasteiger charge is -2.29. The van der Waals surface area contributed by atoms with Crippen molar-refractivity contribution in [2.24, 2.45) is 5.92 Å². The van der Waals surface area contributed by atoms with Crippen LogP contribution in [0, 0.1) is 5.92 Å². The van der Waals surface area contributed by atoms with Crippen LogP contribution in [0.25, 0.3) is 33.6 Å². The number of hydrogen-bond donors (Lipinski definition) is 3. The number of carbonyl (C=O) groups is 3. The third kappa shape index (κ3) is 8.59. The van der Waals surface area contributed by atoms with Gasteiger partial charge in [0, 0.05) is 23.9 Å². The van der Waals surface area contributed by atoms with Gasteiger partial charge in [-0.2, -0.15) is 11.8 Å². The number of benzene rings is 2. The summed E-state index contributed by atoms with van der Waals surface area (Å²) in [5.41, 5.74) is 5.15. The van der Waals surface area contributed by atoms with Gasteiger partial charge in [-0.3, -0.25) is 9.69 Å². The minimum atomic E-state index is -0.693. The predicted molar refractivity (Wildman–Crippen MR) is 210 cm³/mol. The van der Waals surface area contributed by atoms with E-state index in [0.717, 1.165) is 63.3 Å². The Morgan fingerprint density at radius 2 is 1.58 bits per heavy atom. The molecule has 3 N–H and O–H groups in total. The molecular formula is C39H48BrN7O5S. The quantitative estimate of drug-likeness (QED) is 0.153. The van der Waals surface area contributed by atoms with Gasteiger partial charge < -0.3 is 29.7 Å². The third-order valence-electron chi connectivity index (χ3n) is 9.74. The van der Waals surface area contributed by atoms with E-state index in [1.165, 1.54) is 7.11 Å². The van der Waals surface area contributed by atoms with Gasteiger partial charge >= 0.3 is 12.2 Å². The van der Waals surface area contributed by atoms with Crippen molar-refractivity contribution in [3.63, 3.8) is 0 Å². The average Bonchev–Trinajstić information content (AvgIpc) is 3.95. The van der Waals surface area contributed by atoms with E-state index >= 15 is 0 Å². The van der Waals surface area contributed by atoms with Crippen LogP contribution in [-0.2, 0) is 14.3 Å². The van der Waals surface area contributed by atoms with Gasteiger partial charge in [-0.05, 0) is 84.8 Å². The standard InChI is InChI=1S/C39H48BrN7O5S/c1-22(2)31(44-37(49)51-6)36(48)46-18-8-9-29(46)35-43-32(33(40)45-35)26-16-12-24(13-17-26)23-10-14-25(15-11-23)28-20-41-34(42-28)30-19-27(53-7)21-47(30)38(50)52-39(3,4)5/h10-17,20,22,27,29-31H,8-9,18-19,21H2,1-7H3,(H,41,42)(H,43,45)(H,44,49)/t27-,29-,30-,31-/m0/s1. The Bertz CT molecular complexity index is 1920. The second-order valence-corrected chi connectivity index (χ2v) is 16.8. The number of rotatable bonds is 9. The summed E-state index contributed by atoms with van der Waals surface area (Å²) in [6.45, 7) is 10.7. The molecule has 282 valence electrons. The van der Waals surface area contributed by atoms with E-state index in [-0.39, 0.29) is 30.0 Å². The van der Waals surface area contributed by atoms with E-state index in [4.69, 9.17) is 19.4 Å². The highest BCUT2D eigenvalue weighted by molar-refractivity contribution is 9.10. The molecule has 3 amide bonds. The summed E-state index contributed by atoms with van der Waals surface area (Å²) in [7, 11) is 1.29. The highest BCUT2D eigenvalue weighted by atomic mass is 79.9. The molecule has 2 aliphatic rings. The maximum Gasteiger partial charge on any atom is 0.410 e. The summed E-state index contributed by atoms with van der Waals surface area (Å²) in [6.07, 6.45) is 5.39. The van der Waals surface area contributed by atoms with Crippen molar-refractivity contribution in [3.8, 4) is 33.6 Å². The Balaban J connectivity index is 1.14. The van der Waals surface area contributed by atoms with Gasteiger partial charge in [-0.15, -0.1) is 0 Å². The molecule has 53 heavy (non-hydrogen) atoms. The molecule has 12 nitrogen and oxygen atoms in total. The van der Waals surface area contributed by atoms with Crippen LogP contribution in [0.3, 0.4) is 0 Å².